The molecule has 0 unspecified atom stereocenters. The van der Waals surface area contributed by atoms with Crippen molar-refractivity contribution in [2.45, 2.75) is 13.8 Å². The van der Waals surface area contributed by atoms with Crippen LogP contribution in [0.4, 0.5) is 0 Å². The Labute approximate surface area is 236 Å². The number of hydrogen-bond acceptors (Lipinski definition) is 3. The number of rotatable bonds is 2. The Morgan fingerprint density at radius 3 is 2.20 bits per heavy atom. The third-order valence-electron chi connectivity index (χ3n) is 2.89. The normalized spacial score (nSPS) is 9.30. The maximum absolute atomic E-state index is 11.6. The van der Waals surface area contributed by atoms with Crippen LogP contribution < -0.4 is 148 Å². The largest absolute Gasteiger partial charge is 1.00 e. The maximum atomic E-state index is 11.6. The molecule has 0 aliphatic heterocycles. The van der Waals surface area contributed by atoms with Crippen LogP contribution in [0.25, 0.3) is 11.1 Å². The molecule has 0 aromatic heterocycles. The molecule has 0 bridgehead atoms. The number of benzene rings is 2. The molecule has 0 atom stereocenters. The molecule has 0 spiro atoms. The molecule has 2 aromatic rings. The van der Waals surface area contributed by atoms with Crippen molar-refractivity contribution in [1.82, 2.24) is 0 Å². The van der Waals surface area contributed by atoms with E-state index in [2.05, 4.69) is 0 Å². The first-order valence-corrected chi connectivity index (χ1v) is 5.59. The predicted molar refractivity (Wildman–Crippen MR) is 65.1 cm³/mol. The molecule has 2 rings (SSSR count). The second-order valence-electron chi connectivity index (χ2n) is 4.32. The predicted octanol–water partition coefficient (Wildman–Crippen LogP) is -4.58. The third-order valence-corrected chi connectivity index (χ3v) is 2.89. The van der Waals surface area contributed by atoms with E-state index in [0.29, 0.717) is 16.7 Å². The van der Waals surface area contributed by atoms with E-state index in [9.17, 15) is 15.0 Å². The third kappa shape index (κ3) is 5.47. The standard InChI is InChI=1S/C15H14O3.2Cs/c1-9-3-6-12(13(7-9)15(17)18)11-5-4-10(2)14(16)8-11;;/h3-8,16H,1-2H3,(H,17,18);;/q;2*+1/p-2. The summed E-state index contributed by atoms with van der Waals surface area (Å²) >= 11 is 0. The first-order valence-electron chi connectivity index (χ1n) is 5.59. The Kier molecular flexibility index (Phi) is 10.7. The summed E-state index contributed by atoms with van der Waals surface area (Å²) in [6.07, 6.45) is 0. The van der Waals surface area contributed by atoms with Gasteiger partial charge in [0.25, 0.3) is 0 Å². The summed E-state index contributed by atoms with van der Waals surface area (Å²) in [6, 6.07) is 9.95. The van der Waals surface area contributed by atoms with E-state index in [4.69, 9.17) is 0 Å². The Balaban J connectivity index is 0.00000180. The summed E-state index contributed by atoms with van der Waals surface area (Å²) in [6.45, 7) is 3.53. The van der Waals surface area contributed by atoms with Gasteiger partial charge >= 0.3 is 138 Å². The minimum Gasteiger partial charge on any atom is -0.872 e. The van der Waals surface area contributed by atoms with Gasteiger partial charge in [0.05, 0.1) is 5.97 Å². The van der Waals surface area contributed by atoms with E-state index in [1.54, 1.807) is 31.2 Å². The number of carbonyl (C=O) groups excluding carboxylic acids is 1. The van der Waals surface area contributed by atoms with Crippen LogP contribution in [-0.4, -0.2) is 5.97 Å². The Bertz CT molecular complexity index is 625. The summed E-state index contributed by atoms with van der Waals surface area (Å²) < 4.78 is 0. The minimum atomic E-state index is -1.23. The quantitative estimate of drug-likeness (QED) is 0.413. The van der Waals surface area contributed by atoms with Gasteiger partial charge in [0.2, 0.25) is 0 Å². The molecule has 0 saturated carbocycles. The molecule has 0 aliphatic rings. The van der Waals surface area contributed by atoms with Gasteiger partial charge in [-0.2, -0.15) is 0 Å². The Hall–Kier alpha value is 1.81. The molecule has 2 aromatic carbocycles. The van der Waals surface area contributed by atoms with Crippen molar-refractivity contribution in [3.8, 4) is 16.9 Å². The summed E-state index contributed by atoms with van der Waals surface area (Å²) in [4.78, 5) is 11.1. The van der Waals surface area contributed by atoms with Crippen LogP contribution >= 0.6 is 0 Å². The molecule has 0 fully saturated rings. The van der Waals surface area contributed by atoms with Crippen LogP contribution in [0.1, 0.15) is 21.5 Å². The van der Waals surface area contributed by atoms with Crippen LogP contribution in [0.15, 0.2) is 36.4 Å². The summed E-state index contributed by atoms with van der Waals surface area (Å²) in [5, 5.41) is 22.7. The van der Waals surface area contributed by atoms with Gasteiger partial charge < -0.3 is 15.0 Å². The van der Waals surface area contributed by atoms with Crippen LogP contribution in [0.5, 0.6) is 5.75 Å². The first-order chi connectivity index (χ1) is 8.49. The summed E-state index contributed by atoms with van der Waals surface area (Å²) in [5.74, 6) is -1.33. The molecule has 20 heavy (non-hydrogen) atoms. The number of carboxylic acids is 1. The molecule has 0 heterocycles. The number of aromatic carboxylic acids is 1. The minimum absolute atomic E-state index is 0. The van der Waals surface area contributed by atoms with E-state index in [1.807, 2.05) is 13.0 Å². The van der Waals surface area contributed by atoms with Crippen molar-refractivity contribution in [1.29, 1.82) is 0 Å². The fourth-order valence-electron chi connectivity index (χ4n) is 1.85. The fraction of sp³-hybridized carbons (Fsp3) is 0.133. The zero-order valence-electron chi connectivity index (χ0n) is 12.2. The van der Waals surface area contributed by atoms with E-state index in [0.717, 1.165) is 5.56 Å². The molecule has 3 nitrogen and oxygen atoms in total. The maximum Gasteiger partial charge on any atom is 1.00 e. The van der Waals surface area contributed by atoms with E-state index in [-0.39, 0.29) is 149 Å². The van der Waals surface area contributed by atoms with Gasteiger partial charge in [-0.15, -0.1) is 5.75 Å². The second kappa shape index (κ2) is 9.84. The van der Waals surface area contributed by atoms with Gasteiger partial charge in [0.15, 0.2) is 0 Å². The van der Waals surface area contributed by atoms with Crippen molar-refractivity contribution in [3.05, 3.63) is 53.1 Å². The number of hydrogen-bond donors (Lipinski definition) is 0. The van der Waals surface area contributed by atoms with Gasteiger partial charge in [0, 0.05) is 5.56 Å². The number of carboxylic acid groups (broad SMARTS) is 1. The fourth-order valence-corrected chi connectivity index (χ4v) is 1.85. The number of aryl methyl sites for hydroxylation is 2. The van der Waals surface area contributed by atoms with Gasteiger partial charge in [-0.3, -0.25) is 0 Å². The van der Waals surface area contributed by atoms with Crippen molar-refractivity contribution < 1.29 is 153 Å². The Morgan fingerprint density at radius 1 is 1.00 bits per heavy atom. The average molecular weight is 506 g/mol. The molecular weight excluding hydrogens is 494 g/mol. The first kappa shape index (κ1) is 21.8. The summed E-state index contributed by atoms with van der Waals surface area (Å²) in [5.41, 5.74) is 2.70. The average Bonchev–Trinajstić information content (AvgIpc) is 2.32. The van der Waals surface area contributed by atoms with Crippen LogP contribution in [-0.2, 0) is 0 Å². The van der Waals surface area contributed by atoms with Crippen molar-refractivity contribution in [3.63, 3.8) is 0 Å². The zero-order chi connectivity index (χ0) is 13.3. The number of carbonyl (C=O) groups is 1. The van der Waals surface area contributed by atoms with E-state index >= 15 is 0 Å². The SMILES string of the molecule is Cc1ccc(-c2ccc(C)c([O-])c2)c(C(=O)[O-])c1.[Cs+].[Cs+]. The molecule has 0 radical (unpaired) electrons. The second-order valence-corrected chi connectivity index (χ2v) is 4.32. The smallest absolute Gasteiger partial charge is 0.872 e. The van der Waals surface area contributed by atoms with Crippen molar-refractivity contribution >= 4 is 5.97 Å². The molecule has 0 N–H and O–H groups in total. The summed E-state index contributed by atoms with van der Waals surface area (Å²) in [7, 11) is 0. The van der Waals surface area contributed by atoms with E-state index in [1.165, 1.54) is 6.07 Å². The molecule has 0 amide bonds. The van der Waals surface area contributed by atoms with E-state index < -0.39 is 5.97 Å². The van der Waals surface area contributed by atoms with Crippen LogP contribution in [0.2, 0.25) is 0 Å². The van der Waals surface area contributed by atoms with Crippen LogP contribution in [0, 0.1) is 13.8 Å². The zero-order valence-corrected chi connectivity index (χ0v) is 24.7. The van der Waals surface area contributed by atoms with Gasteiger partial charge in [-0.25, -0.2) is 0 Å². The Morgan fingerprint density at radius 2 is 1.65 bits per heavy atom. The van der Waals surface area contributed by atoms with Crippen molar-refractivity contribution in [2.75, 3.05) is 0 Å². The van der Waals surface area contributed by atoms with Gasteiger partial charge in [-0.1, -0.05) is 41.5 Å². The van der Waals surface area contributed by atoms with Gasteiger partial charge in [0.1, 0.15) is 0 Å². The van der Waals surface area contributed by atoms with Crippen molar-refractivity contribution in [2.24, 2.45) is 0 Å². The molecule has 0 saturated heterocycles. The van der Waals surface area contributed by atoms with Gasteiger partial charge in [-0.05, 0) is 31.0 Å². The monoisotopic (exact) mass is 506 g/mol. The molecular formula is C15H12Cs2O3. The molecule has 5 heteroatoms. The van der Waals surface area contributed by atoms with Crippen LogP contribution in [0.3, 0.4) is 0 Å². The molecule has 92 valence electrons. The molecule has 0 aliphatic carbocycles. The topological polar surface area (TPSA) is 63.2 Å².